The number of para-hydroxylation sites is 1. The molecule has 0 aliphatic rings. The van der Waals surface area contributed by atoms with Gasteiger partial charge in [0.15, 0.2) is 5.96 Å². The standard InChI is InChI=1S/C18H28N6O.HI/c1-4-10-19-18(20-11-12-24-14-22-23-17(24)5-2)21-13-15-8-6-7-9-16(15)25-3;/h6-9,14H,4-5,10-13H2,1-3H3,(H2,19,20,21);1H. The summed E-state index contributed by atoms with van der Waals surface area (Å²) in [6, 6.07) is 7.95. The van der Waals surface area contributed by atoms with E-state index in [1.807, 2.05) is 24.3 Å². The van der Waals surface area contributed by atoms with Crippen LogP contribution in [0, 0.1) is 0 Å². The number of aryl methyl sites for hydroxylation is 1. The van der Waals surface area contributed by atoms with Gasteiger partial charge in [0, 0.05) is 31.6 Å². The van der Waals surface area contributed by atoms with Crippen LogP contribution in [0.5, 0.6) is 5.75 Å². The van der Waals surface area contributed by atoms with Crippen molar-refractivity contribution < 1.29 is 4.74 Å². The number of hydrogen-bond acceptors (Lipinski definition) is 4. The van der Waals surface area contributed by atoms with E-state index in [9.17, 15) is 0 Å². The molecule has 0 saturated carbocycles. The van der Waals surface area contributed by atoms with Crippen LogP contribution in [-0.2, 0) is 19.5 Å². The first-order valence-electron chi connectivity index (χ1n) is 8.79. The second-order valence-corrected chi connectivity index (χ2v) is 5.62. The summed E-state index contributed by atoms with van der Waals surface area (Å²) in [6.07, 6.45) is 3.69. The molecule has 2 aromatic rings. The van der Waals surface area contributed by atoms with Gasteiger partial charge in [-0.25, -0.2) is 4.99 Å². The molecule has 1 aromatic heterocycles. The van der Waals surface area contributed by atoms with E-state index in [0.717, 1.165) is 55.6 Å². The number of nitrogens with zero attached hydrogens (tertiary/aromatic N) is 4. The summed E-state index contributed by atoms with van der Waals surface area (Å²) in [5.41, 5.74) is 1.06. The summed E-state index contributed by atoms with van der Waals surface area (Å²) in [5.74, 6) is 2.66. The molecule has 0 unspecified atom stereocenters. The van der Waals surface area contributed by atoms with Crippen LogP contribution in [0.4, 0.5) is 0 Å². The van der Waals surface area contributed by atoms with E-state index in [-0.39, 0.29) is 24.0 Å². The zero-order valence-corrected chi connectivity index (χ0v) is 18.1. The monoisotopic (exact) mass is 472 g/mol. The summed E-state index contributed by atoms with van der Waals surface area (Å²) >= 11 is 0. The molecule has 2 rings (SSSR count). The quantitative estimate of drug-likeness (QED) is 0.334. The van der Waals surface area contributed by atoms with Gasteiger partial charge in [-0.2, -0.15) is 0 Å². The fourth-order valence-corrected chi connectivity index (χ4v) is 2.45. The molecule has 0 saturated heterocycles. The lowest BCUT2D eigenvalue weighted by atomic mass is 10.2. The van der Waals surface area contributed by atoms with Crippen LogP contribution >= 0.6 is 24.0 Å². The van der Waals surface area contributed by atoms with Crippen LogP contribution in [0.25, 0.3) is 0 Å². The topological polar surface area (TPSA) is 76.4 Å². The lowest BCUT2D eigenvalue weighted by molar-refractivity contribution is 0.410. The normalized spacial score (nSPS) is 11.0. The van der Waals surface area contributed by atoms with E-state index in [0.29, 0.717) is 6.54 Å². The Hall–Kier alpha value is -1.84. The van der Waals surface area contributed by atoms with E-state index in [2.05, 4.69) is 44.2 Å². The third kappa shape index (κ3) is 6.81. The van der Waals surface area contributed by atoms with Crippen molar-refractivity contribution in [2.45, 2.75) is 39.8 Å². The fraction of sp³-hybridized carbons (Fsp3) is 0.500. The summed E-state index contributed by atoms with van der Waals surface area (Å²) in [4.78, 5) is 4.68. The average Bonchev–Trinajstić information content (AvgIpc) is 3.11. The highest BCUT2D eigenvalue weighted by atomic mass is 127. The number of methoxy groups -OCH3 is 1. The molecule has 26 heavy (non-hydrogen) atoms. The van der Waals surface area contributed by atoms with Crippen LogP contribution in [0.1, 0.15) is 31.7 Å². The Labute approximate surface area is 172 Å². The molecule has 7 nitrogen and oxygen atoms in total. The molecule has 0 amide bonds. The molecule has 0 aliphatic heterocycles. The Balaban J connectivity index is 0.00000338. The maximum Gasteiger partial charge on any atom is 0.191 e. The first-order valence-corrected chi connectivity index (χ1v) is 8.79. The van der Waals surface area contributed by atoms with Crippen molar-refractivity contribution in [2.75, 3.05) is 20.2 Å². The summed E-state index contributed by atoms with van der Waals surface area (Å²) in [7, 11) is 1.68. The SMILES string of the molecule is CCCNC(=NCc1ccccc1OC)NCCn1cnnc1CC.I. The van der Waals surface area contributed by atoms with Gasteiger partial charge in [0.1, 0.15) is 17.9 Å². The highest BCUT2D eigenvalue weighted by Gasteiger charge is 2.04. The predicted molar refractivity (Wildman–Crippen MR) is 115 cm³/mol. The van der Waals surface area contributed by atoms with E-state index in [4.69, 9.17) is 4.74 Å². The smallest absolute Gasteiger partial charge is 0.191 e. The summed E-state index contributed by atoms with van der Waals surface area (Å²) in [6.45, 7) is 7.22. The maximum atomic E-state index is 5.39. The number of aromatic nitrogens is 3. The van der Waals surface area contributed by atoms with E-state index in [1.165, 1.54) is 0 Å². The average molecular weight is 472 g/mol. The highest BCUT2D eigenvalue weighted by Crippen LogP contribution is 2.17. The summed E-state index contributed by atoms with van der Waals surface area (Å²) in [5, 5.41) is 14.8. The minimum Gasteiger partial charge on any atom is -0.496 e. The van der Waals surface area contributed by atoms with Crippen molar-refractivity contribution in [3.63, 3.8) is 0 Å². The number of rotatable bonds is 9. The molecule has 1 aromatic carbocycles. The van der Waals surface area contributed by atoms with Gasteiger partial charge in [-0.05, 0) is 12.5 Å². The number of guanidine groups is 1. The molecule has 0 atom stereocenters. The highest BCUT2D eigenvalue weighted by molar-refractivity contribution is 14.0. The lowest BCUT2D eigenvalue weighted by Crippen LogP contribution is -2.39. The summed E-state index contributed by atoms with van der Waals surface area (Å²) < 4.78 is 7.45. The molecule has 144 valence electrons. The zero-order chi connectivity index (χ0) is 17.9. The Kier molecular flexibility index (Phi) is 10.7. The van der Waals surface area contributed by atoms with Crippen LogP contribution < -0.4 is 15.4 Å². The molecule has 0 fully saturated rings. The van der Waals surface area contributed by atoms with Gasteiger partial charge in [0.05, 0.1) is 13.7 Å². The molecule has 1 heterocycles. The van der Waals surface area contributed by atoms with Gasteiger partial charge in [0.25, 0.3) is 0 Å². The minimum atomic E-state index is 0. The number of hydrogen-bond donors (Lipinski definition) is 2. The molecular weight excluding hydrogens is 443 g/mol. The van der Waals surface area contributed by atoms with Gasteiger partial charge in [-0.15, -0.1) is 34.2 Å². The number of benzene rings is 1. The van der Waals surface area contributed by atoms with Crippen molar-refractivity contribution in [2.24, 2.45) is 4.99 Å². The predicted octanol–water partition coefficient (Wildman–Crippen LogP) is 2.61. The molecular formula is C18H29IN6O. The second-order valence-electron chi connectivity index (χ2n) is 5.62. The third-order valence-electron chi connectivity index (χ3n) is 3.80. The Bertz CT molecular complexity index is 673. The van der Waals surface area contributed by atoms with Gasteiger partial charge in [0.2, 0.25) is 0 Å². The van der Waals surface area contributed by atoms with E-state index in [1.54, 1.807) is 13.4 Å². The number of aliphatic imine (C=N–C) groups is 1. The number of halogens is 1. The molecule has 0 radical (unpaired) electrons. The van der Waals surface area contributed by atoms with Crippen molar-refractivity contribution in [3.05, 3.63) is 42.0 Å². The van der Waals surface area contributed by atoms with Crippen molar-refractivity contribution in [1.29, 1.82) is 0 Å². The minimum absolute atomic E-state index is 0. The molecule has 0 aliphatic carbocycles. The van der Waals surface area contributed by atoms with Crippen molar-refractivity contribution in [3.8, 4) is 5.75 Å². The zero-order valence-electron chi connectivity index (χ0n) is 15.7. The number of ether oxygens (including phenoxy) is 1. The Morgan fingerprint density at radius 3 is 2.69 bits per heavy atom. The first-order chi connectivity index (χ1) is 12.3. The molecule has 2 N–H and O–H groups in total. The van der Waals surface area contributed by atoms with Crippen molar-refractivity contribution >= 4 is 29.9 Å². The van der Waals surface area contributed by atoms with E-state index < -0.39 is 0 Å². The third-order valence-corrected chi connectivity index (χ3v) is 3.80. The Morgan fingerprint density at radius 2 is 1.96 bits per heavy atom. The number of nitrogens with one attached hydrogen (secondary N) is 2. The Morgan fingerprint density at radius 1 is 1.19 bits per heavy atom. The molecule has 0 bridgehead atoms. The first kappa shape index (κ1) is 22.2. The van der Waals surface area contributed by atoms with Crippen LogP contribution in [0.3, 0.4) is 0 Å². The van der Waals surface area contributed by atoms with Crippen LogP contribution in [-0.4, -0.2) is 40.9 Å². The van der Waals surface area contributed by atoms with E-state index >= 15 is 0 Å². The van der Waals surface area contributed by atoms with Gasteiger partial charge in [-0.3, -0.25) is 0 Å². The van der Waals surface area contributed by atoms with Crippen LogP contribution in [0.15, 0.2) is 35.6 Å². The maximum absolute atomic E-state index is 5.39. The molecule has 0 spiro atoms. The largest absolute Gasteiger partial charge is 0.496 e. The van der Waals surface area contributed by atoms with Crippen molar-refractivity contribution in [1.82, 2.24) is 25.4 Å². The van der Waals surface area contributed by atoms with Crippen LogP contribution in [0.2, 0.25) is 0 Å². The van der Waals surface area contributed by atoms with Gasteiger partial charge in [-0.1, -0.05) is 32.0 Å². The van der Waals surface area contributed by atoms with Gasteiger partial charge >= 0.3 is 0 Å². The second kappa shape index (κ2) is 12.5. The lowest BCUT2D eigenvalue weighted by Gasteiger charge is -2.13. The molecule has 8 heteroatoms. The fourth-order valence-electron chi connectivity index (χ4n) is 2.45. The van der Waals surface area contributed by atoms with Gasteiger partial charge < -0.3 is 19.9 Å².